The molecule has 4 nitrogen and oxygen atoms in total. The molecule has 0 aromatic carbocycles. The van der Waals surface area contributed by atoms with Gasteiger partial charge in [-0.3, -0.25) is 0 Å². The Kier molecular flexibility index (Phi) is 9.82. The van der Waals surface area contributed by atoms with Gasteiger partial charge in [0.05, 0.1) is 22.8 Å². The summed E-state index contributed by atoms with van der Waals surface area (Å²) in [6.45, 7) is 18.1. The smallest absolute Gasteiger partial charge is 0.355 e. The van der Waals surface area contributed by atoms with E-state index in [1.54, 1.807) is 0 Å². The Hall–Kier alpha value is -2.88. The van der Waals surface area contributed by atoms with Gasteiger partial charge in [0.2, 0.25) is 0 Å². The van der Waals surface area contributed by atoms with Crippen LogP contribution in [0.4, 0.5) is 0 Å². The number of aryl methyl sites for hydroxylation is 4. The molecule has 3 aromatic rings. The molecule has 0 fully saturated rings. The van der Waals surface area contributed by atoms with Crippen molar-refractivity contribution in [2.24, 2.45) is 0 Å². The predicted octanol–water partition coefficient (Wildman–Crippen LogP) is 10.0. The molecule has 1 radical (unpaired) electrons. The maximum Gasteiger partial charge on any atom is 2.00 e. The largest absolute Gasteiger partial charge is 2.00 e. The summed E-state index contributed by atoms with van der Waals surface area (Å²) >= 11 is 0. The van der Waals surface area contributed by atoms with E-state index in [4.69, 9.17) is 9.97 Å². The number of nitrogens with one attached hydrogen (secondary N) is 2. The molecule has 2 aliphatic rings. The molecule has 0 aliphatic carbocycles. The van der Waals surface area contributed by atoms with Crippen molar-refractivity contribution in [3.8, 4) is 0 Å². The zero-order valence-electron chi connectivity index (χ0n) is 26.2. The summed E-state index contributed by atoms with van der Waals surface area (Å²) < 4.78 is 0. The van der Waals surface area contributed by atoms with Crippen LogP contribution in [0.15, 0.2) is 24.3 Å². The van der Waals surface area contributed by atoms with Crippen LogP contribution in [0.2, 0.25) is 0 Å². The van der Waals surface area contributed by atoms with Crippen molar-refractivity contribution in [1.29, 1.82) is 0 Å². The molecule has 41 heavy (non-hydrogen) atoms. The van der Waals surface area contributed by atoms with Gasteiger partial charge in [0.1, 0.15) is 0 Å². The van der Waals surface area contributed by atoms with Crippen molar-refractivity contribution in [3.05, 3.63) is 69.3 Å². The van der Waals surface area contributed by atoms with Gasteiger partial charge in [-0.15, -0.1) is 0 Å². The molecule has 5 heterocycles. The number of aromatic amines is 2. The summed E-state index contributed by atoms with van der Waals surface area (Å²) in [6, 6.07) is 9.24. The molecule has 2 aliphatic heterocycles. The minimum atomic E-state index is 0. The minimum absolute atomic E-state index is 0. The second-order valence-corrected chi connectivity index (χ2v) is 10.9. The van der Waals surface area contributed by atoms with E-state index in [0.717, 1.165) is 74.1 Å². The molecule has 0 saturated heterocycles. The first-order valence-corrected chi connectivity index (χ1v) is 15.7. The summed E-state index contributed by atoms with van der Waals surface area (Å²) in [7, 11) is 0. The van der Waals surface area contributed by atoms with E-state index in [2.05, 4.69) is 89.6 Å². The fraction of sp³-hybridized carbons (Fsp3) is 0.444. The average molecular weight is 598 g/mol. The summed E-state index contributed by atoms with van der Waals surface area (Å²) in [5.74, 6) is 0. The Labute approximate surface area is 256 Å². The van der Waals surface area contributed by atoms with E-state index in [9.17, 15) is 0 Å². The predicted molar refractivity (Wildman–Crippen MR) is 173 cm³/mol. The number of nitrogens with zero attached hydrogens (tertiary/aromatic N) is 2. The fourth-order valence-corrected chi connectivity index (χ4v) is 7.10. The van der Waals surface area contributed by atoms with Gasteiger partial charge >= 0.3 is 17.1 Å². The van der Waals surface area contributed by atoms with E-state index in [0.29, 0.717) is 0 Å². The van der Waals surface area contributed by atoms with E-state index in [1.165, 1.54) is 66.6 Å². The maximum absolute atomic E-state index is 5.28. The molecule has 0 atom stereocenters. The second-order valence-electron chi connectivity index (χ2n) is 10.9. The van der Waals surface area contributed by atoms with Gasteiger partial charge in [-0.1, -0.05) is 55.4 Å². The Bertz CT molecular complexity index is 1560. The monoisotopic (exact) mass is 597 g/mol. The molecular formula is C36H46CuN4+2. The SMILES string of the molecule is CCC1=C(CC)c2cc3[nH]c(cc4[nH]c(cc5nc(cc1n2)C(CC)=C5CC)c(CC)c4CC)c(CC)c3CC.[Cu+2]. The molecule has 3 aromatic heterocycles. The number of allylic oxidation sites excluding steroid dienone is 4. The summed E-state index contributed by atoms with van der Waals surface area (Å²) in [6.07, 6.45) is 7.84. The zero-order chi connectivity index (χ0) is 28.6. The summed E-state index contributed by atoms with van der Waals surface area (Å²) in [5, 5.41) is 0. The standard InChI is InChI=1S/C36H46N4.Cu/c1-9-21-22(10-2)30-18-32-25(13-5)26(14-6)34(39-32)20-36-28(16-8)27(15-7)35(40-36)19-33-24(12-4)23(11-3)31(38-33)17-29(21)37-30;/h17-20,37-38H,9-16H2,1-8H3;/q;+2. The van der Waals surface area contributed by atoms with Crippen LogP contribution in [-0.4, -0.2) is 19.9 Å². The Morgan fingerprint density at radius 2 is 0.659 bits per heavy atom. The van der Waals surface area contributed by atoms with Crippen LogP contribution in [0.5, 0.6) is 0 Å². The maximum atomic E-state index is 5.28. The Morgan fingerprint density at radius 3 is 0.927 bits per heavy atom. The summed E-state index contributed by atoms with van der Waals surface area (Å²) in [5.41, 5.74) is 20.2. The quantitative estimate of drug-likeness (QED) is 0.254. The molecule has 5 rings (SSSR count). The van der Waals surface area contributed by atoms with Gasteiger partial charge < -0.3 is 9.97 Å². The first kappa shape index (κ1) is 31.1. The van der Waals surface area contributed by atoms with Crippen LogP contribution >= 0.6 is 0 Å². The minimum Gasteiger partial charge on any atom is -0.355 e. The third-order valence-corrected chi connectivity index (χ3v) is 8.97. The van der Waals surface area contributed by atoms with Gasteiger partial charge in [0.15, 0.2) is 0 Å². The molecule has 5 heteroatoms. The van der Waals surface area contributed by atoms with E-state index in [1.807, 2.05) is 0 Å². The van der Waals surface area contributed by atoms with Crippen LogP contribution in [0.3, 0.4) is 0 Å². The number of H-pyrrole nitrogens is 2. The Morgan fingerprint density at radius 1 is 0.390 bits per heavy atom. The first-order chi connectivity index (χ1) is 19.5. The van der Waals surface area contributed by atoms with Crippen molar-refractivity contribution < 1.29 is 17.1 Å². The number of rotatable bonds is 8. The Balaban J connectivity index is 0.00000387. The first-order valence-electron chi connectivity index (χ1n) is 15.7. The molecule has 0 spiro atoms. The van der Waals surface area contributed by atoms with Gasteiger partial charge in [0, 0.05) is 22.1 Å². The van der Waals surface area contributed by atoms with Crippen LogP contribution in [0.25, 0.3) is 44.4 Å². The third kappa shape index (κ3) is 5.28. The van der Waals surface area contributed by atoms with Gasteiger partial charge in [0.25, 0.3) is 0 Å². The van der Waals surface area contributed by atoms with E-state index < -0.39 is 0 Å². The molecule has 0 amide bonds. The topological polar surface area (TPSA) is 57.4 Å². The van der Waals surface area contributed by atoms with Crippen molar-refractivity contribution in [1.82, 2.24) is 19.9 Å². The van der Waals surface area contributed by atoms with Crippen LogP contribution in [0.1, 0.15) is 126 Å². The van der Waals surface area contributed by atoms with Crippen molar-refractivity contribution in [2.45, 2.75) is 107 Å². The molecule has 8 bridgehead atoms. The van der Waals surface area contributed by atoms with E-state index in [-0.39, 0.29) is 17.1 Å². The summed E-state index contributed by atoms with van der Waals surface area (Å²) in [4.78, 5) is 18.2. The number of aromatic nitrogens is 4. The van der Waals surface area contributed by atoms with Crippen LogP contribution < -0.4 is 0 Å². The van der Waals surface area contributed by atoms with E-state index >= 15 is 0 Å². The molecule has 0 unspecified atom stereocenters. The second kappa shape index (κ2) is 13.0. The van der Waals surface area contributed by atoms with Crippen LogP contribution in [-0.2, 0) is 42.8 Å². The fourth-order valence-electron chi connectivity index (χ4n) is 7.10. The molecular weight excluding hydrogens is 552 g/mol. The van der Waals surface area contributed by atoms with Crippen molar-refractivity contribution >= 4 is 44.4 Å². The van der Waals surface area contributed by atoms with Crippen molar-refractivity contribution in [3.63, 3.8) is 0 Å². The molecule has 2 N–H and O–H groups in total. The van der Waals surface area contributed by atoms with Gasteiger partial charge in [-0.25, -0.2) is 9.97 Å². The normalized spacial score (nSPS) is 13.3. The number of fused-ring (bicyclic) bond motifs is 8. The van der Waals surface area contributed by atoms with Crippen molar-refractivity contribution in [2.75, 3.05) is 0 Å². The van der Waals surface area contributed by atoms with Crippen LogP contribution in [0, 0.1) is 0 Å². The number of hydrogen-bond donors (Lipinski definition) is 2. The number of hydrogen-bond acceptors (Lipinski definition) is 2. The van der Waals surface area contributed by atoms with Gasteiger partial charge in [-0.05, 0) is 120 Å². The zero-order valence-corrected chi connectivity index (χ0v) is 27.1. The third-order valence-electron chi connectivity index (χ3n) is 8.97. The molecule has 0 saturated carbocycles. The van der Waals surface area contributed by atoms with Gasteiger partial charge in [-0.2, -0.15) is 0 Å². The average Bonchev–Trinajstić information content (AvgIpc) is 3.67. The molecule has 219 valence electrons.